The molecule has 1 aromatic heterocycles. The zero-order valence-corrected chi connectivity index (χ0v) is 10.9. The lowest BCUT2D eigenvalue weighted by atomic mass is 10.2. The van der Waals surface area contributed by atoms with E-state index in [0.29, 0.717) is 6.04 Å². The lowest BCUT2D eigenvalue weighted by Gasteiger charge is -2.24. The maximum atomic E-state index is 4.34. The molecule has 1 N–H and O–H groups in total. The van der Waals surface area contributed by atoms with Gasteiger partial charge in [-0.25, -0.2) is 4.98 Å². The number of nitrogens with zero attached hydrogens (tertiary/aromatic N) is 3. The summed E-state index contributed by atoms with van der Waals surface area (Å²) < 4.78 is 2.08. The fraction of sp³-hybridized carbons (Fsp3) is 0.750. The molecular formula is C12H24N4. The Morgan fingerprint density at radius 1 is 1.56 bits per heavy atom. The Hall–Kier alpha value is -0.870. The lowest BCUT2D eigenvalue weighted by Crippen LogP contribution is -2.32. The van der Waals surface area contributed by atoms with Gasteiger partial charge in [0.2, 0.25) is 0 Å². The number of hydrogen-bond acceptors (Lipinski definition) is 3. The van der Waals surface area contributed by atoms with Crippen LogP contribution in [0.3, 0.4) is 0 Å². The monoisotopic (exact) mass is 224 g/mol. The van der Waals surface area contributed by atoms with E-state index >= 15 is 0 Å². The van der Waals surface area contributed by atoms with Crippen LogP contribution in [0.25, 0.3) is 0 Å². The van der Waals surface area contributed by atoms with Gasteiger partial charge in [-0.1, -0.05) is 6.92 Å². The molecule has 4 heteroatoms. The van der Waals surface area contributed by atoms with Gasteiger partial charge in [0.1, 0.15) is 5.82 Å². The van der Waals surface area contributed by atoms with Gasteiger partial charge >= 0.3 is 0 Å². The second-order valence-corrected chi connectivity index (χ2v) is 4.36. The van der Waals surface area contributed by atoms with E-state index in [1.54, 1.807) is 0 Å². The minimum Gasteiger partial charge on any atom is -0.337 e. The van der Waals surface area contributed by atoms with Crippen LogP contribution in [0.2, 0.25) is 0 Å². The fourth-order valence-electron chi connectivity index (χ4n) is 1.64. The molecule has 0 aromatic carbocycles. The molecular weight excluding hydrogens is 200 g/mol. The molecule has 1 aromatic rings. The van der Waals surface area contributed by atoms with E-state index in [-0.39, 0.29) is 0 Å². The number of rotatable bonds is 7. The van der Waals surface area contributed by atoms with E-state index < -0.39 is 0 Å². The molecule has 4 nitrogen and oxygen atoms in total. The Bertz CT molecular complexity index is 295. The second-order valence-electron chi connectivity index (χ2n) is 4.36. The van der Waals surface area contributed by atoms with E-state index in [9.17, 15) is 0 Å². The largest absolute Gasteiger partial charge is 0.337 e. The number of aromatic nitrogens is 2. The molecule has 1 heterocycles. The minimum atomic E-state index is 0.579. The van der Waals surface area contributed by atoms with E-state index in [2.05, 4.69) is 40.7 Å². The lowest BCUT2D eigenvalue weighted by molar-refractivity contribution is 0.229. The van der Waals surface area contributed by atoms with Crippen molar-refractivity contribution < 1.29 is 0 Å². The third kappa shape index (κ3) is 3.94. The zero-order chi connectivity index (χ0) is 12.0. The summed E-state index contributed by atoms with van der Waals surface area (Å²) in [6.07, 6.45) is 5.02. The summed E-state index contributed by atoms with van der Waals surface area (Å²) in [5.74, 6) is 1.12. The van der Waals surface area contributed by atoms with Crippen LogP contribution in [0, 0.1) is 0 Å². The summed E-state index contributed by atoms with van der Waals surface area (Å²) >= 11 is 0. The number of aryl methyl sites for hydroxylation is 1. The van der Waals surface area contributed by atoms with Crippen molar-refractivity contribution >= 4 is 0 Å². The third-order valence-corrected chi connectivity index (χ3v) is 3.05. The van der Waals surface area contributed by atoms with Crippen molar-refractivity contribution in [3.05, 3.63) is 18.2 Å². The molecule has 0 radical (unpaired) electrons. The molecule has 0 aliphatic heterocycles. The van der Waals surface area contributed by atoms with Gasteiger partial charge in [-0.15, -0.1) is 0 Å². The van der Waals surface area contributed by atoms with Crippen LogP contribution in [-0.4, -0.2) is 40.6 Å². The van der Waals surface area contributed by atoms with E-state index in [1.807, 2.05) is 19.4 Å². The van der Waals surface area contributed by atoms with Crippen molar-refractivity contribution in [2.75, 3.05) is 20.1 Å². The number of imidazole rings is 1. The van der Waals surface area contributed by atoms with Crippen LogP contribution in [0.4, 0.5) is 0 Å². The highest BCUT2D eigenvalue weighted by molar-refractivity contribution is 4.91. The molecule has 0 aliphatic carbocycles. The molecule has 0 saturated carbocycles. The predicted molar refractivity (Wildman–Crippen MR) is 67.3 cm³/mol. The highest BCUT2D eigenvalue weighted by Gasteiger charge is 2.11. The van der Waals surface area contributed by atoms with Crippen LogP contribution in [0.15, 0.2) is 12.4 Å². The van der Waals surface area contributed by atoms with Crippen LogP contribution >= 0.6 is 0 Å². The zero-order valence-electron chi connectivity index (χ0n) is 10.9. The minimum absolute atomic E-state index is 0.579. The highest BCUT2D eigenvalue weighted by atomic mass is 15.2. The summed E-state index contributed by atoms with van der Waals surface area (Å²) in [5, 5.41) is 3.36. The molecule has 0 spiro atoms. The third-order valence-electron chi connectivity index (χ3n) is 3.05. The molecule has 1 unspecified atom stereocenters. The normalized spacial score (nSPS) is 13.3. The SMILES string of the molecule is CCNCCC(C)N(C)Cc1nccn1C. The summed E-state index contributed by atoms with van der Waals surface area (Å²) in [6, 6.07) is 0.579. The predicted octanol–water partition coefficient (Wildman–Crippen LogP) is 1.24. The molecule has 92 valence electrons. The first-order valence-corrected chi connectivity index (χ1v) is 6.02. The van der Waals surface area contributed by atoms with Gasteiger partial charge in [-0.3, -0.25) is 4.90 Å². The summed E-state index contributed by atoms with van der Waals surface area (Å²) in [6.45, 7) is 7.46. The van der Waals surface area contributed by atoms with E-state index in [4.69, 9.17) is 0 Å². The van der Waals surface area contributed by atoms with Crippen molar-refractivity contribution in [3.8, 4) is 0 Å². The Kier molecular flexibility index (Phi) is 5.49. The van der Waals surface area contributed by atoms with Gasteiger partial charge < -0.3 is 9.88 Å². The topological polar surface area (TPSA) is 33.1 Å². The maximum absolute atomic E-state index is 4.34. The van der Waals surface area contributed by atoms with Crippen LogP contribution in [0.5, 0.6) is 0 Å². The van der Waals surface area contributed by atoms with Gasteiger partial charge in [0.15, 0.2) is 0 Å². The van der Waals surface area contributed by atoms with Crippen LogP contribution in [-0.2, 0) is 13.6 Å². The molecule has 0 amide bonds. The molecule has 0 saturated heterocycles. The van der Waals surface area contributed by atoms with E-state index in [0.717, 1.165) is 25.5 Å². The quantitative estimate of drug-likeness (QED) is 0.707. The Morgan fingerprint density at radius 2 is 2.31 bits per heavy atom. The Labute approximate surface area is 98.7 Å². The molecule has 1 atom stereocenters. The van der Waals surface area contributed by atoms with Crippen molar-refractivity contribution in [1.82, 2.24) is 19.8 Å². The first-order valence-electron chi connectivity index (χ1n) is 6.02. The van der Waals surface area contributed by atoms with Gasteiger partial charge in [-0.05, 0) is 33.5 Å². The Morgan fingerprint density at radius 3 is 2.88 bits per heavy atom. The summed E-state index contributed by atoms with van der Waals surface area (Å²) in [7, 11) is 4.20. The fourth-order valence-corrected chi connectivity index (χ4v) is 1.64. The molecule has 0 aliphatic rings. The first-order chi connectivity index (χ1) is 7.65. The van der Waals surface area contributed by atoms with Gasteiger partial charge in [0.05, 0.1) is 6.54 Å². The highest BCUT2D eigenvalue weighted by Crippen LogP contribution is 2.05. The maximum Gasteiger partial charge on any atom is 0.122 e. The first kappa shape index (κ1) is 13.2. The standard InChI is InChI=1S/C12H24N4/c1-5-13-7-6-11(2)16(4)10-12-14-8-9-15(12)3/h8-9,11,13H,5-7,10H2,1-4H3. The second kappa shape index (κ2) is 6.66. The smallest absolute Gasteiger partial charge is 0.122 e. The van der Waals surface area contributed by atoms with Crippen LogP contribution in [0.1, 0.15) is 26.1 Å². The number of nitrogens with one attached hydrogen (secondary N) is 1. The average molecular weight is 224 g/mol. The van der Waals surface area contributed by atoms with Crippen molar-refractivity contribution in [2.45, 2.75) is 32.9 Å². The van der Waals surface area contributed by atoms with E-state index in [1.165, 1.54) is 6.42 Å². The number of hydrogen-bond donors (Lipinski definition) is 1. The average Bonchev–Trinajstić information content (AvgIpc) is 2.64. The van der Waals surface area contributed by atoms with Gasteiger partial charge in [-0.2, -0.15) is 0 Å². The molecule has 0 bridgehead atoms. The van der Waals surface area contributed by atoms with Gasteiger partial charge in [0.25, 0.3) is 0 Å². The summed E-state index contributed by atoms with van der Waals surface area (Å²) in [4.78, 5) is 6.69. The van der Waals surface area contributed by atoms with Crippen molar-refractivity contribution in [2.24, 2.45) is 7.05 Å². The molecule has 1 rings (SSSR count). The van der Waals surface area contributed by atoms with Crippen molar-refractivity contribution in [1.29, 1.82) is 0 Å². The molecule has 0 fully saturated rings. The van der Waals surface area contributed by atoms with Gasteiger partial charge in [0, 0.05) is 25.5 Å². The molecule has 16 heavy (non-hydrogen) atoms. The van der Waals surface area contributed by atoms with Crippen molar-refractivity contribution in [3.63, 3.8) is 0 Å². The van der Waals surface area contributed by atoms with Crippen LogP contribution < -0.4 is 5.32 Å². The summed E-state index contributed by atoms with van der Waals surface area (Å²) in [5.41, 5.74) is 0. The Balaban J connectivity index is 2.34.